The van der Waals surface area contributed by atoms with E-state index in [0.717, 1.165) is 11.3 Å². The molecule has 1 rings (SSSR count). The highest BCUT2D eigenvalue weighted by molar-refractivity contribution is 7.89. The minimum atomic E-state index is -3.36. The highest BCUT2D eigenvalue weighted by Crippen LogP contribution is 2.14. The van der Waals surface area contributed by atoms with Crippen LogP contribution in [-0.4, -0.2) is 27.9 Å². The molecule has 5 nitrogen and oxygen atoms in total. The molecule has 0 aromatic heterocycles. The molecule has 0 heterocycles. The molecule has 0 saturated heterocycles. The first kappa shape index (κ1) is 14.9. The summed E-state index contributed by atoms with van der Waals surface area (Å²) in [7, 11) is -1.72. The van der Waals surface area contributed by atoms with E-state index in [-0.39, 0.29) is 5.75 Å². The topological polar surface area (TPSA) is 78.6 Å². The molecule has 0 bridgehead atoms. The Labute approximate surface area is 108 Å². The van der Waals surface area contributed by atoms with Crippen LogP contribution in [0.5, 0.6) is 5.75 Å². The SMILES string of the molecule is COCc1cccc(OCCCCS(N)(=O)=O)c1. The fourth-order valence-corrected chi connectivity index (χ4v) is 2.09. The maximum Gasteiger partial charge on any atom is 0.209 e. The number of primary sulfonamides is 1. The molecule has 0 aliphatic heterocycles. The lowest BCUT2D eigenvalue weighted by molar-refractivity contribution is 0.184. The van der Waals surface area contributed by atoms with Gasteiger partial charge in [-0.25, -0.2) is 13.6 Å². The zero-order valence-corrected chi connectivity index (χ0v) is 11.3. The van der Waals surface area contributed by atoms with Crippen molar-refractivity contribution in [3.63, 3.8) is 0 Å². The Morgan fingerprint density at radius 1 is 1.28 bits per heavy atom. The minimum absolute atomic E-state index is 0.0000738. The minimum Gasteiger partial charge on any atom is -0.494 e. The van der Waals surface area contributed by atoms with Crippen LogP contribution in [0.25, 0.3) is 0 Å². The summed E-state index contributed by atoms with van der Waals surface area (Å²) in [6, 6.07) is 7.62. The molecule has 0 fully saturated rings. The summed E-state index contributed by atoms with van der Waals surface area (Å²) < 4.78 is 32.0. The van der Waals surface area contributed by atoms with Crippen molar-refractivity contribution in [1.82, 2.24) is 0 Å². The highest BCUT2D eigenvalue weighted by Gasteiger charge is 2.02. The van der Waals surface area contributed by atoms with Crippen molar-refractivity contribution in [1.29, 1.82) is 0 Å². The third kappa shape index (κ3) is 6.58. The molecule has 18 heavy (non-hydrogen) atoms. The number of hydrogen-bond donors (Lipinski definition) is 1. The third-order valence-corrected chi connectivity index (χ3v) is 3.16. The Morgan fingerprint density at radius 2 is 2.06 bits per heavy atom. The van der Waals surface area contributed by atoms with E-state index in [1.807, 2.05) is 24.3 Å². The van der Waals surface area contributed by atoms with Gasteiger partial charge in [0.25, 0.3) is 0 Å². The molecule has 0 spiro atoms. The molecule has 0 radical (unpaired) electrons. The molecule has 6 heteroatoms. The lowest BCUT2D eigenvalue weighted by Crippen LogP contribution is -2.16. The second-order valence-corrected chi connectivity index (χ2v) is 5.74. The standard InChI is InChI=1S/C12H19NO4S/c1-16-10-11-5-4-6-12(9-11)17-7-2-3-8-18(13,14)15/h4-6,9H,2-3,7-8,10H2,1H3,(H2,13,14,15). The van der Waals surface area contributed by atoms with Gasteiger partial charge in [-0.3, -0.25) is 0 Å². The van der Waals surface area contributed by atoms with Gasteiger partial charge in [0.05, 0.1) is 19.0 Å². The van der Waals surface area contributed by atoms with Gasteiger partial charge < -0.3 is 9.47 Å². The van der Waals surface area contributed by atoms with Crippen LogP contribution in [0.2, 0.25) is 0 Å². The smallest absolute Gasteiger partial charge is 0.209 e. The summed E-state index contributed by atoms with van der Waals surface area (Å²) in [5.74, 6) is 0.764. The first-order chi connectivity index (χ1) is 8.51. The van der Waals surface area contributed by atoms with Crippen LogP contribution in [-0.2, 0) is 21.4 Å². The van der Waals surface area contributed by atoms with Crippen molar-refractivity contribution in [3.8, 4) is 5.75 Å². The number of hydrogen-bond acceptors (Lipinski definition) is 4. The van der Waals surface area contributed by atoms with E-state index in [1.165, 1.54) is 0 Å². The molecule has 2 N–H and O–H groups in total. The van der Waals surface area contributed by atoms with Crippen LogP contribution in [0.4, 0.5) is 0 Å². The van der Waals surface area contributed by atoms with Crippen LogP contribution >= 0.6 is 0 Å². The maximum atomic E-state index is 10.7. The van der Waals surface area contributed by atoms with Gasteiger partial charge in [0.15, 0.2) is 0 Å². The number of sulfonamides is 1. The zero-order chi connectivity index (χ0) is 13.4. The Balaban J connectivity index is 2.28. The van der Waals surface area contributed by atoms with Gasteiger partial charge in [0, 0.05) is 7.11 Å². The number of rotatable bonds is 8. The molecule has 1 aromatic carbocycles. The average Bonchev–Trinajstić information content (AvgIpc) is 2.28. The summed E-state index contributed by atoms with van der Waals surface area (Å²) in [5, 5.41) is 4.90. The Kier molecular flexibility index (Phi) is 6.11. The van der Waals surface area contributed by atoms with Crippen LogP contribution in [0, 0.1) is 0 Å². The van der Waals surface area contributed by atoms with E-state index in [4.69, 9.17) is 14.6 Å². The van der Waals surface area contributed by atoms with E-state index >= 15 is 0 Å². The number of benzene rings is 1. The number of ether oxygens (including phenoxy) is 2. The van der Waals surface area contributed by atoms with E-state index in [2.05, 4.69) is 0 Å². The number of methoxy groups -OCH3 is 1. The molecule has 0 atom stereocenters. The number of unbranched alkanes of at least 4 members (excludes halogenated alkanes) is 1. The Bertz CT molecular complexity index is 459. The van der Waals surface area contributed by atoms with Gasteiger partial charge in [-0.1, -0.05) is 12.1 Å². The Morgan fingerprint density at radius 3 is 2.72 bits per heavy atom. The highest BCUT2D eigenvalue weighted by atomic mass is 32.2. The molecular weight excluding hydrogens is 254 g/mol. The second-order valence-electron chi connectivity index (χ2n) is 4.00. The largest absolute Gasteiger partial charge is 0.494 e. The van der Waals surface area contributed by atoms with Crippen molar-refractivity contribution < 1.29 is 17.9 Å². The maximum absolute atomic E-state index is 10.7. The summed E-state index contributed by atoms with van der Waals surface area (Å²) in [6.45, 7) is 1.02. The Hall–Kier alpha value is -1.11. The first-order valence-electron chi connectivity index (χ1n) is 5.72. The predicted molar refractivity (Wildman–Crippen MR) is 69.9 cm³/mol. The monoisotopic (exact) mass is 273 g/mol. The van der Waals surface area contributed by atoms with Gasteiger partial charge in [0.1, 0.15) is 5.75 Å². The van der Waals surface area contributed by atoms with Gasteiger partial charge in [0.2, 0.25) is 10.0 Å². The fraction of sp³-hybridized carbons (Fsp3) is 0.500. The number of nitrogens with two attached hydrogens (primary N) is 1. The van der Waals surface area contributed by atoms with Gasteiger partial charge in [-0.2, -0.15) is 0 Å². The van der Waals surface area contributed by atoms with Crippen LogP contribution in [0.3, 0.4) is 0 Å². The van der Waals surface area contributed by atoms with E-state index < -0.39 is 10.0 Å². The molecule has 1 aromatic rings. The van der Waals surface area contributed by atoms with Crippen LogP contribution in [0.15, 0.2) is 24.3 Å². The van der Waals surface area contributed by atoms with Crippen molar-refractivity contribution >= 4 is 10.0 Å². The average molecular weight is 273 g/mol. The first-order valence-corrected chi connectivity index (χ1v) is 7.44. The van der Waals surface area contributed by atoms with Gasteiger partial charge >= 0.3 is 0 Å². The van der Waals surface area contributed by atoms with Crippen LogP contribution < -0.4 is 9.88 Å². The molecule has 0 unspecified atom stereocenters. The third-order valence-electron chi connectivity index (χ3n) is 2.30. The predicted octanol–water partition coefficient (Wildman–Crippen LogP) is 1.28. The lowest BCUT2D eigenvalue weighted by Gasteiger charge is -2.07. The van der Waals surface area contributed by atoms with Crippen molar-refractivity contribution in [2.75, 3.05) is 19.5 Å². The summed E-state index contributed by atoms with van der Waals surface area (Å²) >= 11 is 0. The summed E-state index contributed by atoms with van der Waals surface area (Å²) in [6.07, 6.45) is 1.17. The summed E-state index contributed by atoms with van der Waals surface area (Å²) in [5.41, 5.74) is 1.04. The van der Waals surface area contributed by atoms with Gasteiger partial charge in [-0.15, -0.1) is 0 Å². The zero-order valence-electron chi connectivity index (χ0n) is 10.5. The quantitative estimate of drug-likeness (QED) is 0.724. The van der Waals surface area contributed by atoms with Gasteiger partial charge in [-0.05, 0) is 30.5 Å². The van der Waals surface area contributed by atoms with E-state index in [9.17, 15) is 8.42 Å². The fourth-order valence-electron chi connectivity index (χ4n) is 1.49. The molecule has 102 valence electrons. The second kappa shape index (κ2) is 7.35. The van der Waals surface area contributed by atoms with Crippen LogP contribution in [0.1, 0.15) is 18.4 Å². The van der Waals surface area contributed by atoms with Crippen molar-refractivity contribution in [3.05, 3.63) is 29.8 Å². The normalized spacial score (nSPS) is 11.4. The lowest BCUT2D eigenvalue weighted by atomic mass is 10.2. The molecule has 0 aliphatic carbocycles. The van der Waals surface area contributed by atoms with Crippen molar-refractivity contribution in [2.24, 2.45) is 5.14 Å². The molecule has 0 saturated carbocycles. The van der Waals surface area contributed by atoms with Crippen molar-refractivity contribution in [2.45, 2.75) is 19.4 Å². The van der Waals surface area contributed by atoms with E-state index in [0.29, 0.717) is 26.1 Å². The molecule has 0 aliphatic rings. The summed E-state index contributed by atoms with van der Waals surface area (Å²) in [4.78, 5) is 0. The molecule has 0 amide bonds. The molecular formula is C12H19NO4S. The van der Waals surface area contributed by atoms with E-state index in [1.54, 1.807) is 7.11 Å².